The zero-order valence-corrected chi connectivity index (χ0v) is 16.6. The molecule has 0 fully saturated rings. The standard InChI is InChI=1S/C21H27N5O2/c1-16-22-9-10-26(16)15-18-7-4-6-17(12-18)13-23-21(27)24-14-19(25(2)3)20-8-5-11-28-20/h4-12,19H,13-15H2,1-3H3,(H2,23,24,27). The number of amides is 2. The maximum atomic E-state index is 12.2. The molecule has 2 N–H and O–H groups in total. The van der Waals surface area contributed by atoms with E-state index in [1.807, 2.05) is 56.4 Å². The van der Waals surface area contributed by atoms with Gasteiger partial charge in [0, 0.05) is 32.0 Å². The average Bonchev–Trinajstić information content (AvgIpc) is 3.33. The van der Waals surface area contributed by atoms with Crippen LogP contribution in [0.25, 0.3) is 0 Å². The van der Waals surface area contributed by atoms with Gasteiger partial charge in [-0.1, -0.05) is 24.3 Å². The van der Waals surface area contributed by atoms with Crippen molar-refractivity contribution in [3.8, 4) is 0 Å². The lowest BCUT2D eigenvalue weighted by Crippen LogP contribution is -2.40. The molecule has 1 atom stereocenters. The number of carbonyl (C=O) groups is 1. The van der Waals surface area contributed by atoms with Gasteiger partial charge < -0.3 is 19.6 Å². The Labute approximate surface area is 165 Å². The molecule has 148 valence electrons. The van der Waals surface area contributed by atoms with Gasteiger partial charge in [-0.05, 0) is 44.3 Å². The third-order valence-electron chi connectivity index (χ3n) is 4.67. The number of aryl methyl sites for hydroxylation is 1. The second-order valence-electron chi connectivity index (χ2n) is 6.98. The van der Waals surface area contributed by atoms with Crippen LogP contribution in [0.2, 0.25) is 0 Å². The van der Waals surface area contributed by atoms with E-state index in [4.69, 9.17) is 4.42 Å². The third kappa shape index (κ3) is 5.23. The van der Waals surface area contributed by atoms with Crippen molar-refractivity contribution in [1.82, 2.24) is 25.1 Å². The van der Waals surface area contributed by atoms with E-state index in [-0.39, 0.29) is 12.1 Å². The summed E-state index contributed by atoms with van der Waals surface area (Å²) in [5.41, 5.74) is 2.23. The van der Waals surface area contributed by atoms with E-state index >= 15 is 0 Å². The van der Waals surface area contributed by atoms with Crippen molar-refractivity contribution in [2.75, 3.05) is 20.6 Å². The van der Waals surface area contributed by atoms with Gasteiger partial charge >= 0.3 is 6.03 Å². The predicted molar refractivity (Wildman–Crippen MR) is 108 cm³/mol. The molecule has 1 aromatic carbocycles. The van der Waals surface area contributed by atoms with Gasteiger partial charge in [0.1, 0.15) is 11.6 Å². The molecule has 7 heteroatoms. The van der Waals surface area contributed by atoms with Crippen LogP contribution in [0.5, 0.6) is 0 Å². The van der Waals surface area contributed by atoms with Gasteiger partial charge in [0.25, 0.3) is 0 Å². The molecule has 2 heterocycles. The van der Waals surface area contributed by atoms with Crippen LogP contribution in [0.15, 0.2) is 59.5 Å². The predicted octanol–water partition coefficient (Wildman–Crippen LogP) is 2.93. The summed E-state index contributed by atoms with van der Waals surface area (Å²) in [6.45, 7) is 3.68. The molecular formula is C21H27N5O2. The number of nitrogens with one attached hydrogen (secondary N) is 2. The van der Waals surface area contributed by atoms with Crippen molar-refractivity contribution >= 4 is 6.03 Å². The molecule has 0 radical (unpaired) electrons. The lowest BCUT2D eigenvalue weighted by atomic mass is 10.1. The van der Waals surface area contributed by atoms with E-state index in [0.717, 1.165) is 23.7 Å². The summed E-state index contributed by atoms with van der Waals surface area (Å²) in [5, 5.41) is 5.83. The Morgan fingerprint density at radius 3 is 2.71 bits per heavy atom. The van der Waals surface area contributed by atoms with Crippen molar-refractivity contribution in [2.45, 2.75) is 26.1 Å². The largest absolute Gasteiger partial charge is 0.468 e. The lowest BCUT2D eigenvalue weighted by Gasteiger charge is -2.22. The Bertz CT molecular complexity index is 886. The minimum absolute atomic E-state index is 0.0116. The molecule has 0 saturated heterocycles. The molecule has 0 bridgehead atoms. The van der Waals surface area contributed by atoms with Crippen LogP contribution >= 0.6 is 0 Å². The maximum Gasteiger partial charge on any atom is 0.315 e. The number of urea groups is 1. The van der Waals surface area contributed by atoms with Crippen LogP contribution in [0.4, 0.5) is 4.79 Å². The Hall–Kier alpha value is -3.06. The number of rotatable bonds is 8. The minimum Gasteiger partial charge on any atom is -0.468 e. The molecule has 7 nitrogen and oxygen atoms in total. The molecule has 0 saturated carbocycles. The summed E-state index contributed by atoms with van der Waals surface area (Å²) in [5.74, 6) is 1.81. The SMILES string of the molecule is Cc1nccn1Cc1cccc(CNC(=O)NCC(c2ccco2)N(C)C)c1. The summed E-state index contributed by atoms with van der Waals surface area (Å²) in [6, 6.07) is 11.8. The molecule has 2 aromatic heterocycles. The molecule has 2 amide bonds. The molecule has 0 aliphatic heterocycles. The molecule has 3 rings (SSSR count). The van der Waals surface area contributed by atoms with E-state index in [1.54, 1.807) is 12.5 Å². The summed E-state index contributed by atoms with van der Waals surface area (Å²) >= 11 is 0. The van der Waals surface area contributed by atoms with E-state index in [9.17, 15) is 4.79 Å². The van der Waals surface area contributed by atoms with E-state index in [1.165, 1.54) is 5.56 Å². The Balaban J connectivity index is 1.50. The molecule has 28 heavy (non-hydrogen) atoms. The second kappa shape index (κ2) is 9.23. The lowest BCUT2D eigenvalue weighted by molar-refractivity contribution is 0.225. The third-order valence-corrected chi connectivity index (χ3v) is 4.67. The number of furan rings is 1. The van der Waals surface area contributed by atoms with Crippen LogP contribution in [-0.2, 0) is 13.1 Å². The number of hydrogen-bond donors (Lipinski definition) is 2. The number of nitrogens with zero attached hydrogens (tertiary/aromatic N) is 3. The van der Waals surface area contributed by atoms with Crippen molar-refractivity contribution in [3.05, 3.63) is 77.8 Å². The summed E-state index contributed by atoms with van der Waals surface area (Å²) in [7, 11) is 3.92. The van der Waals surface area contributed by atoms with Crippen LogP contribution in [0, 0.1) is 6.92 Å². The topological polar surface area (TPSA) is 75.3 Å². The monoisotopic (exact) mass is 381 g/mol. The quantitative estimate of drug-likeness (QED) is 0.629. The highest BCUT2D eigenvalue weighted by Crippen LogP contribution is 2.17. The summed E-state index contributed by atoms with van der Waals surface area (Å²) < 4.78 is 7.56. The average molecular weight is 381 g/mol. The fourth-order valence-corrected chi connectivity index (χ4v) is 3.06. The summed E-state index contributed by atoms with van der Waals surface area (Å²) in [6.07, 6.45) is 5.41. The van der Waals surface area contributed by atoms with Gasteiger partial charge in [-0.3, -0.25) is 4.90 Å². The van der Waals surface area contributed by atoms with Gasteiger partial charge in [0.15, 0.2) is 0 Å². The minimum atomic E-state index is -0.200. The number of carbonyl (C=O) groups excluding carboxylic acids is 1. The highest BCUT2D eigenvalue weighted by Gasteiger charge is 2.17. The van der Waals surface area contributed by atoms with Crippen LogP contribution in [0.3, 0.4) is 0 Å². The first-order valence-electron chi connectivity index (χ1n) is 9.30. The molecule has 3 aromatic rings. The molecule has 0 aliphatic rings. The second-order valence-corrected chi connectivity index (χ2v) is 6.98. The first kappa shape index (κ1) is 19.7. The Kier molecular flexibility index (Phi) is 6.49. The fraction of sp³-hybridized carbons (Fsp3) is 0.333. The van der Waals surface area contributed by atoms with Crippen molar-refractivity contribution < 1.29 is 9.21 Å². The van der Waals surface area contributed by atoms with Crippen LogP contribution in [-0.4, -0.2) is 41.1 Å². The van der Waals surface area contributed by atoms with E-state index in [2.05, 4.69) is 32.3 Å². The smallest absolute Gasteiger partial charge is 0.315 e. The molecular weight excluding hydrogens is 354 g/mol. The molecule has 1 unspecified atom stereocenters. The highest BCUT2D eigenvalue weighted by molar-refractivity contribution is 5.73. The number of imidazole rings is 1. The number of likely N-dealkylation sites (N-methyl/N-ethyl adjacent to an activating group) is 1. The Morgan fingerprint density at radius 1 is 1.21 bits per heavy atom. The van der Waals surface area contributed by atoms with Crippen molar-refractivity contribution in [3.63, 3.8) is 0 Å². The normalized spacial score (nSPS) is 12.1. The van der Waals surface area contributed by atoms with Gasteiger partial charge in [-0.25, -0.2) is 9.78 Å². The van der Waals surface area contributed by atoms with Crippen LogP contribution in [0.1, 0.15) is 28.8 Å². The summed E-state index contributed by atoms with van der Waals surface area (Å²) in [4.78, 5) is 18.5. The zero-order chi connectivity index (χ0) is 19.9. The molecule has 0 spiro atoms. The van der Waals surface area contributed by atoms with Gasteiger partial charge in [-0.2, -0.15) is 0 Å². The molecule has 0 aliphatic carbocycles. The van der Waals surface area contributed by atoms with E-state index < -0.39 is 0 Å². The first-order chi connectivity index (χ1) is 13.5. The van der Waals surface area contributed by atoms with Gasteiger partial charge in [0.05, 0.1) is 12.3 Å². The zero-order valence-electron chi connectivity index (χ0n) is 16.6. The fourth-order valence-electron chi connectivity index (χ4n) is 3.06. The van der Waals surface area contributed by atoms with Crippen LogP contribution < -0.4 is 10.6 Å². The van der Waals surface area contributed by atoms with Crippen molar-refractivity contribution in [2.24, 2.45) is 0 Å². The van der Waals surface area contributed by atoms with E-state index in [0.29, 0.717) is 13.1 Å². The van der Waals surface area contributed by atoms with Gasteiger partial charge in [-0.15, -0.1) is 0 Å². The number of aromatic nitrogens is 2. The maximum absolute atomic E-state index is 12.2. The van der Waals surface area contributed by atoms with Gasteiger partial charge in [0.2, 0.25) is 0 Å². The highest BCUT2D eigenvalue weighted by atomic mass is 16.3. The van der Waals surface area contributed by atoms with Crippen molar-refractivity contribution in [1.29, 1.82) is 0 Å². The first-order valence-corrected chi connectivity index (χ1v) is 9.30. The Morgan fingerprint density at radius 2 is 2.04 bits per heavy atom. The number of benzene rings is 1. The number of hydrogen-bond acceptors (Lipinski definition) is 4.